The normalized spacial score (nSPS) is 20.5. The lowest BCUT2D eigenvalue weighted by Crippen LogP contribution is -2.46. The minimum atomic E-state index is -0.675. The van der Waals surface area contributed by atoms with E-state index in [9.17, 15) is 19.2 Å². The summed E-state index contributed by atoms with van der Waals surface area (Å²) in [4.78, 5) is 50.4. The summed E-state index contributed by atoms with van der Waals surface area (Å²) < 4.78 is 5.50. The number of thioether (sulfide) groups is 1. The second-order valence-electron chi connectivity index (χ2n) is 6.75. The number of nitrogens with zero attached hydrogens (tertiary/aromatic N) is 1. The predicted octanol–water partition coefficient (Wildman–Crippen LogP) is 1.74. The molecular formula is C21H18N2O5S. The molecule has 0 aromatic heterocycles. The topological polar surface area (TPSA) is 92.8 Å². The van der Waals surface area contributed by atoms with Crippen molar-refractivity contribution in [3.05, 3.63) is 71.3 Å². The van der Waals surface area contributed by atoms with E-state index in [2.05, 4.69) is 5.32 Å². The first-order valence-corrected chi connectivity index (χ1v) is 10.3. The van der Waals surface area contributed by atoms with Crippen molar-refractivity contribution in [2.24, 2.45) is 0 Å². The van der Waals surface area contributed by atoms with E-state index in [1.54, 1.807) is 60.3 Å². The van der Waals surface area contributed by atoms with Crippen LogP contribution in [0.25, 0.3) is 0 Å². The molecule has 1 saturated heterocycles. The molecule has 0 unspecified atom stereocenters. The molecule has 0 spiro atoms. The number of rotatable bonds is 5. The van der Waals surface area contributed by atoms with Crippen LogP contribution in [0.1, 0.15) is 31.1 Å². The van der Waals surface area contributed by atoms with E-state index < -0.39 is 30.4 Å². The van der Waals surface area contributed by atoms with E-state index in [0.29, 0.717) is 17.1 Å². The van der Waals surface area contributed by atoms with Gasteiger partial charge in [-0.1, -0.05) is 30.3 Å². The van der Waals surface area contributed by atoms with Gasteiger partial charge in [0.1, 0.15) is 12.6 Å². The van der Waals surface area contributed by atoms with Crippen molar-refractivity contribution in [1.29, 1.82) is 0 Å². The number of esters is 1. The summed E-state index contributed by atoms with van der Waals surface area (Å²) in [6.07, 6.45) is -0.518. The Kier molecular flexibility index (Phi) is 5.35. The molecule has 0 aliphatic carbocycles. The van der Waals surface area contributed by atoms with Crippen LogP contribution in [0.5, 0.6) is 0 Å². The van der Waals surface area contributed by atoms with Crippen LogP contribution < -0.4 is 5.32 Å². The third kappa shape index (κ3) is 3.88. The van der Waals surface area contributed by atoms with Gasteiger partial charge in [-0.25, -0.2) is 0 Å². The Bertz CT molecular complexity index is 943. The zero-order valence-electron chi connectivity index (χ0n) is 15.4. The van der Waals surface area contributed by atoms with Crippen LogP contribution in [0, 0.1) is 0 Å². The number of amides is 3. The second kappa shape index (κ2) is 8.08. The molecule has 7 nitrogen and oxygen atoms in total. The summed E-state index contributed by atoms with van der Waals surface area (Å²) in [6.45, 7) is -0.452. The average molecular weight is 410 g/mol. The van der Waals surface area contributed by atoms with E-state index in [-0.39, 0.29) is 23.1 Å². The van der Waals surface area contributed by atoms with Gasteiger partial charge in [-0.15, -0.1) is 0 Å². The van der Waals surface area contributed by atoms with Gasteiger partial charge in [-0.2, -0.15) is 11.8 Å². The van der Waals surface area contributed by atoms with Crippen LogP contribution in [0.4, 0.5) is 0 Å². The maximum Gasteiger partial charge on any atom is 0.326 e. The third-order valence-electron chi connectivity index (χ3n) is 4.83. The molecule has 2 aromatic carbocycles. The highest BCUT2D eigenvalue weighted by atomic mass is 32.2. The van der Waals surface area contributed by atoms with Gasteiger partial charge in [0.15, 0.2) is 0 Å². The number of hydrogen-bond acceptors (Lipinski definition) is 6. The van der Waals surface area contributed by atoms with Crippen LogP contribution in [-0.4, -0.2) is 58.8 Å². The van der Waals surface area contributed by atoms with Gasteiger partial charge in [0, 0.05) is 17.1 Å². The molecule has 1 N–H and O–H groups in total. The van der Waals surface area contributed by atoms with E-state index in [0.717, 1.165) is 4.90 Å². The Morgan fingerprint density at radius 2 is 1.59 bits per heavy atom. The SMILES string of the molecule is O=C(CN1C(=O)c2ccccc2C1=O)O[C@H]1CSC[C@H]1NC(=O)c1ccccc1. The largest absolute Gasteiger partial charge is 0.458 e. The van der Waals surface area contributed by atoms with Crippen LogP contribution in [0.2, 0.25) is 0 Å². The molecule has 2 aliphatic heterocycles. The van der Waals surface area contributed by atoms with E-state index in [1.165, 1.54) is 0 Å². The predicted molar refractivity (Wildman–Crippen MR) is 107 cm³/mol. The van der Waals surface area contributed by atoms with Crippen LogP contribution >= 0.6 is 11.8 Å². The van der Waals surface area contributed by atoms with Gasteiger partial charge >= 0.3 is 5.97 Å². The zero-order chi connectivity index (χ0) is 20.4. The van der Waals surface area contributed by atoms with Gasteiger partial charge < -0.3 is 10.1 Å². The molecule has 3 amide bonds. The summed E-state index contributed by atoms with van der Waals surface area (Å²) >= 11 is 1.56. The highest BCUT2D eigenvalue weighted by Gasteiger charge is 2.38. The molecule has 0 radical (unpaired) electrons. The molecule has 0 bridgehead atoms. The third-order valence-corrected chi connectivity index (χ3v) is 5.99. The van der Waals surface area contributed by atoms with Crippen LogP contribution in [0.15, 0.2) is 54.6 Å². The molecule has 2 heterocycles. The number of ether oxygens (including phenoxy) is 1. The van der Waals surface area contributed by atoms with Crippen molar-refractivity contribution in [3.63, 3.8) is 0 Å². The quantitative estimate of drug-likeness (QED) is 0.596. The molecule has 29 heavy (non-hydrogen) atoms. The minimum absolute atomic E-state index is 0.237. The van der Waals surface area contributed by atoms with Gasteiger partial charge in [-0.05, 0) is 24.3 Å². The number of hydrogen-bond donors (Lipinski definition) is 1. The first kappa shape index (κ1) is 19.2. The van der Waals surface area contributed by atoms with Crippen molar-refractivity contribution >= 4 is 35.5 Å². The second-order valence-corrected chi connectivity index (χ2v) is 7.83. The number of benzene rings is 2. The van der Waals surface area contributed by atoms with Crippen molar-refractivity contribution < 1.29 is 23.9 Å². The maximum absolute atomic E-state index is 12.4. The van der Waals surface area contributed by atoms with E-state index in [4.69, 9.17) is 4.74 Å². The minimum Gasteiger partial charge on any atom is -0.458 e. The first-order valence-electron chi connectivity index (χ1n) is 9.13. The number of nitrogens with one attached hydrogen (secondary N) is 1. The molecule has 4 rings (SSSR count). The molecule has 2 atom stereocenters. The fourth-order valence-corrected chi connectivity index (χ4v) is 4.57. The van der Waals surface area contributed by atoms with Gasteiger partial charge in [0.25, 0.3) is 17.7 Å². The first-order chi connectivity index (χ1) is 14.0. The molecule has 148 valence electrons. The number of carbonyl (C=O) groups excluding carboxylic acids is 4. The molecule has 1 fully saturated rings. The Morgan fingerprint density at radius 3 is 2.24 bits per heavy atom. The highest BCUT2D eigenvalue weighted by Crippen LogP contribution is 2.24. The zero-order valence-corrected chi connectivity index (χ0v) is 16.2. The summed E-state index contributed by atoms with van der Waals surface area (Å²) in [5.41, 5.74) is 1.10. The summed E-state index contributed by atoms with van der Waals surface area (Å²) in [6, 6.07) is 14.9. The van der Waals surface area contributed by atoms with Gasteiger partial charge in [-0.3, -0.25) is 24.1 Å². The fraction of sp³-hybridized carbons (Fsp3) is 0.238. The molecule has 0 saturated carbocycles. The lowest BCUT2D eigenvalue weighted by molar-refractivity contribution is -0.149. The van der Waals surface area contributed by atoms with E-state index >= 15 is 0 Å². The Morgan fingerprint density at radius 1 is 0.966 bits per heavy atom. The number of imide groups is 1. The van der Waals surface area contributed by atoms with Crippen molar-refractivity contribution in [2.45, 2.75) is 12.1 Å². The van der Waals surface area contributed by atoms with Crippen LogP contribution in [-0.2, 0) is 9.53 Å². The summed E-state index contributed by atoms with van der Waals surface area (Å²) in [7, 11) is 0. The van der Waals surface area contributed by atoms with Crippen molar-refractivity contribution in [3.8, 4) is 0 Å². The molecule has 2 aromatic rings. The summed E-state index contributed by atoms with van der Waals surface area (Å²) in [5, 5.41) is 2.89. The van der Waals surface area contributed by atoms with E-state index in [1.807, 2.05) is 6.07 Å². The van der Waals surface area contributed by atoms with Gasteiger partial charge in [0.2, 0.25) is 0 Å². The molecule has 8 heteroatoms. The monoisotopic (exact) mass is 410 g/mol. The lowest BCUT2D eigenvalue weighted by Gasteiger charge is -2.22. The molecule has 2 aliphatic rings. The summed E-state index contributed by atoms with van der Waals surface area (Å²) in [5.74, 6) is -0.767. The Labute approximate surface area is 171 Å². The van der Waals surface area contributed by atoms with Crippen molar-refractivity contribution in [1.82, 2.24) is 10.2 Å². The molecular weight excluding hydrogens is 392 g/mol. The number of fused-ring (bicyclic) bond motifs is 1. The Hall–Kier alpha value is -3.13. The highest BCUT2D eigenvalue weighted by molar-refractivity contribution is 7.99. The van der Waals surface area contributed by atoms with Crippen molar-refractivity contribution in [2.75, 3.05) is 18.1 Å². The standard InChI is InChI=1S/C21H18N2O5S/c24-18(10-23-20(26)14-8-4-5-9-15(14)21(23)27)28-17-12-29-11-16(17)22-19(25)13-6-2-1-3-7-13/h1-9,16-17H,10-12H2,(H,22,25)/t16-,17+/m1/s1. The van der Waals surface area contributed by atoms with Gasteiger partial charge in [0.05, 0.1) is 17.2 Å². The maximum atomic E-state index is 12.4. The smallest absolute Gasteiger partial charge is 0.326 e. The number of carbonyl (C=O) groups is 4. The van der Waals surface area contributed by atoms with Crippen LogP contribution in [0.3, 0.4) is 0 Å². The average Bonchev–Trinajstić information content (AvgIpc) is 3.26. The fourth-order valence-electron chi connectivity index (χ4n) is 3.34. The lowest BCUT2D eigenvalue weighted by atomic mass is 10.1. The Balaban J connectivity index is 1.36.